The third-order valence-corrected chi connectivity index (χ3v) is 6.78. The molecule has 1 amide bonds. The molecular formula is C26H31N5O4. The number of rotatable bonds is 9. The molecule has 3 N–H and O–H groups in total. The number of ketones is 1. The summed E-state index contributed by atoms with van der Waals surface area (Å²) in [7, 11) is 0. The molecule has 1 saturated carbocycles. The Morgan fingerprint density at radius 1 is 1.17 bits per heavy atom. The molecule has 1 aromatic carbocycles. The van der Waals surface area contributed by atoms with Crippen molar-refractivity contribution in [3.8, 4) is 5.95 Å². The maximum absolute atomic E-state index is 13.2. The molecule has 9 heteroatoms. The summed E-state index contributed by atoms with van der Waals surface area (Å²) in [6, 6.07) is 8.93. The highest BCUT2D eigenvalue weighted by Gasteiger charge is 2.28. The van der Waals surface area contributed by atoms with Crippen LogP contribution in [0.1, 0.15) is 78.9 Å². The standard InChI is InChI=1S/C26H31N5O4/c1-2-22(33)21(16-32)17-9-11-19(12-10-17)23(18-7-4-3-5-8-18)29-24(34)20-15-27-26(30-25(20)35)31-14-6-13-28-31/h6,9-15,18,21,23,32H,2-5,7-8,16H2,1H3,(H,29,34)(H,27,30,35)/t21?,23-/m0/s1. The van der Waals surface area contributed by atoms with E-state index < -0.39 is 17.4 Å². The first kappa shape index (κ1) is 24.5. The summed E-state index contributed by atoms with van der Waals surface area (Å²) < 4.78 is 1.42. The van der Waals surface area contributed by atoms with Crippen LogP contribution in [0, 0.1) is 5.92 Å². The van der Waals surface area contributed by atoms with E-state index in [4.69, 9.17) is 0 Å². The molecule has 1 aliphatic rings. The molecule has 1 fully saturated rings. The molecule has 4 rings (SSSR count). The van der Waals surface area contributed by atoms with Crippen molar-refractivity contribution < 1.29 is 14.7 Å². The third-order valence-electron chi connectivity index (χ3n) is 6.78. The fourth-order valence-corrected chi connectivity index (χ4v) is 4.79. The quantitative estimate of drug-likeness (QED) is 0.434. The Balaban J connectivity index is 1.58. The second-order valence-electron chi connectivity index (χ2n) is 8.97. The van der Waals surface area contributed by atoms with Crippen LogP contribution in [0.4, 0.5) is 0 Å². The first-order chi connectivity index (χ1) is 17.0. The molecule has 1 aliphatic carbocycles. The Labute approximate surface area is 203 Å². The van der Waals surface area contributed by atoms with Crippen molar-refractivity contribution >= 4 is 11.7 Å². The minimum atomic E-state index is -0.547. The van der Waals surface area contributed by atoms with Crippen molar-refractivity contribution in [3.05, 3.63) is 76.0 Å². The molecule has 184 valence electrons. The summed E-state index contributed by atoms with van der Waals surface area (Å²) in [5.41, 5.74) is 1.07. The van der Waals surface area contributed by atoms with Crippen LogP contribution in [-0.4, -0.2) is 43.2 Å². The fraction of sp³-hybridized carbons (Fsp3) is 0.423. The van der Waals surface area contributed by atoms with Gasteiger partial charge in [0, 0.05) is 25.0 Å². The number of H-pyrrole nitrogens is 1. The summed E-state index contributed by atoms with van der Waals surface area (Å²) >= 11 is 0. The van der Waals surface area contributed by atoms with E-state index in [0.717, 1.165) is 36.8 Å². The molecule has 2 aromatic heterocycles. The van der Waals surface area contributed by atoms with Crippen LogP contribution in [-0.2, 0) is 4.79 Å². The number of Topliss-reactive ketones (excluding diaryl/α,β-unsaturated/α-hetero) is 1. The number of amides is 1. The summed E-state index contributed by atoms with van der Waals surface area (Å²) in [5, 5.41) is 16.8. The molecule has 9 nitrogen and oxygen atoms in total. The summed E-state index contributed by atoms with van der Waals surface area (Å²) in [5.74, 6) is -0.576. The van der Waals surface area contributed by atoms with Gasteiger partial charge in [0.25, 0.3) is 11.5 Å². The highest BCUT2D eigenvalue weighted by molar-refractivity contribution is 5.93. The molecule has 0 bridgehead atoms. The zero-order chi connectivity index (χ0) is 24.8. The molecule has 35 heavy (non-hydrogen) atoms. The van der Waals surface area contributed by atoms with Crippen LogP contribution >= 0.6 is 0 Å². The van der Waals surface area contributed by atoms with Gasteiger partial charge in [-0.25, -0.2) is 9.67 Å². The van der Waals surface area contributed by atoms with Crippen LogP contribution in [0.2, 0.25) is 0 Å². The van der Waals surface area contributed by atoms with E-state index in [9.17, 15) is 19.5 Å². The van der Waals surface area contributed by atoms with E-state index in [0.29, 0.717) is 6.42 Å². The lowest BCUT2D eigenvalue weighted by molar-refractivity contribution is -0.121. The Bertz CT molecular complexity index is 1200. The molecule has 0 aliphatic heterocycles. The SMILES string of the molecule is CCC(=O)C(CO)c1ccc([C@@H](NC(=O)c2cnc(-n3cccn3)[nH]c2=O)C2CCCCC2)cc1. The Hall–Kier alpha value is -3.59. The number of aliphatic hydroxyl groups excluding tert-OH is 1. The number of aliphatic hydroxyl groups is 1. The largest absolute Gasteiger partial charge is 0.395 e. The van der Waals surface area contributed by atoms with E-state index >= 15 is 0 Å². The van der Waals surface area contributed by atoms with E-state index in [1.807, 2.05) is 24.3 Å². The van der Waals surface area contributed by atoms with Crippen molar-refractivity contribution in [1.29, 1.82) is 0 Å². The van der Waals surface area contributed by atoms with Crippen molar-refractivity contribution in [2.45, 2.75) is 57.4 Å². The number of carbonyl (C=O) groups is 2. The molecular weight excluding hydrogens is 446 g/mol. The predicted octanol–water partition coefficient (Wildman–Crippen LogP) is 3.06. The molecule has 1 unspecified atom stereocenters. The van der Waals surface area contributed by atoms with Gasteiger partial charge in [-0.2, -0.15) is 5.10 Å². The lowest BCUT2D eigenvalue weighted by Crippen LogP contribution is -2.37. The molecule has 0 saturated heterocycles. The number of benzene rings is 1. The molecule has 0 spiro atoms. The Morgan fingerprint density at radius 2 is 1.89 bits per heavy atom. The number of carbonyl (C=O) groups excluding carboxylic acids is 2. The molecule has 0 radical (unpaired) electrons. The molecule has 2 heterocycles. The smallest absolute Gasteiger partial charge is 0.265 e. The monoisotopic (exact) mass is 477 g/mol. The number of aromatic nitrogens is 4. The second kappa shape index (κ2) is 11.2. The number of nitrogens with one attached hydrogen (secondary N) is 2. The summed E-state index contributed by atoms with van der Waals surface area (Å²) in [4.78, 5) is 44.8. The van der Waals surface area contributed by atoms with Gasteiger partial charge in [0.15, 0.2) is 0 Å². The van der Waals surface area contributed by atoms with Crippen molar-refractivity contribution in [3.63, 3.8) is 0 Å². The number of nitrogens with zero attached hydrogens (tertiary/aromatic N) is 3. The minimum Gasteiger partial charge on any atom is -0.395 e. The highest BCUT2D eigenvalue weighted by atomic mass is 16.3. The number of hydrogen-bond donors (Lipinski definition) is 3. The molecule has 3 aromatic rings. The van der Waals surface area contributed by atoms with Crippen molar-refractivity contribution in [1.82, 2.24) is 25.1 Å². The number of hydrogen-bond acceptors (Lipinski definition) is 6. The first-order valence-electron chi connectivity index (χ1n) is 12.2. The van der Waals surface area contributed by atoms with E-state index in [-0.39, 0.29) is 35.9 Å². The van der Waals surface area contributed by atoms with Gasteiger partial charge in [-0.05, 0) is 36.0 Å². The van der Waals surface area contributed by atoms with Gasteiger partial charge in [0.2, 0.25) is 5.95 Å². The zero-order valence-electron chi connectivity index (χ0n) is 19.8. The van der Waals surface area contributed by atoms with Gasteiger partial charge < -0.3 is 10.4 Å². The summed E-state index contributed by atoms with van der Waals surface area (Å²) in [6.45, 7) is 1.55. The topological polar surface area (TPSA) is 130 Å². The van der Waals surface area contributed by atoms with Crippen LogP contribution in [0.5, 0.6) is 0 Å². The Kier molecular flexibility index (Phi) is 7.87. The number of aromatic amines is 1. The summed E-state index contributed by atoms with van der Waals surface area (Å²) in [6.07, 6.45) is 10.2. The average Bonchev–Trinajstić information content (AvgIpc) is 3.43. The Morgan fingerprint density at radius 3 is 2.49 bits per heavy atom. The fourth-order valence-electron chi connectivity index (χ4n) is 4.79. The predicted molar refractivity (Wildman–Crippen MR) is 130 cm³/mol. The highest BCUT2D eigenvalue weighted by Crippen LogP contribution is 2.35. The first-order valence-corrected chi connectivity index (χ1v) is 12.2. The van der Waals surface area contributed by atoms with Gasteiger partial charge in [-0.15, -0.1) is 0 Å². The van der Waals surface area contributed by atoms with E-state index in [1.165, 1.54) is 17.3 Å². The van der Waals surface area contributed by atoms with Crippen molar-refractivity contribution in [2.75, 3.05) is 6.61 Å². The lowest BCUT2D eigenvalue weighted by atomic mass is 9.80. The lowest BCUT2D eigenvalue weighted by Gasteiger charge is -2.31. The van der Waals surface area contributed by atoms with E-state index in [2.05, 4.69) is 20.4 Å². The van der Waals surface area contributed by atoms with Gasteiger partial charge in [-0.3, -0.25) is 19.4 Å². The van der Waals surface area contributed by atoms with Crippen LogP contribution in [0.3, 0.4) is 0 Å². The van der Waals surface area contributed by atoms with Crippen LogP contribution in [0.15, 0.2) is 53.7 Å². The van der Waals surface area contributed by atoms with Gasteiger partial charge in [-0.1, -0.05) is 50.5 Å². The van der Waals surface area contributed by atoms with Crippen LogP contribution < -0.4 is 10.9 Å². The minimum absolute atomic E-state index is 0.0114. The second-order valence-corrected chi connectivity index (χ2v) is 8.97. The van der Waals surface area contributed by atoms with Crippen LogP contribution in [0.25, 0.3) is 5.95 Å². The van der Waals surface area contributed by atoms with Gasteiger partial charge >= 0.3 is 0 Å². The third kappa shape index (κ3) is 5.57. The molecule has 2 atom stereocenters. The maximum atomic E-state index is 13.2. The normalized spacial score (nSPS) is 15.9. The van der Waals surface area contributed by atoms with Gasteiger partial charge in [0.05, 0.1) is 18.6 Å². The average molecular weight is 478 g/mol. The zero-order valence-corrected chi connectivity index (χ0v) is 19.8. The van der Waals surface area contributed by atoms with Crippen molar-refractivity contribution in [2.24, 2.45) is 5.92 Å². The van der Waals surface area contributed by atoms with E-state index in [1.54, 1.807) is 25.4 Å². The maximum Gasteiger partial charge on any atom is 0.265 e. The van der Waals surface area contributed by atoms with Gasteiger partial charge in [0.1, 0.15) is 11.3 Å².